The number of nitrogens with zero attached hydrogens (tertiary/aromatic N) is 3. The predicted molar refractivity (Wildman–Crippen MR) is 136 cm³/mol. The monoisotopic (exact) mass is 484 g/mol. The minimum Gasteiger partial charge on any atom is -0.349 e. The zero-order valence-electron chi connectivity index (χ0n) is 20.5. The van der Waals surface area contributed by atoms with Crippen LogP contribution in [0.4, 0.5) is 0 Å². The Balaban J connectivity index is 1.56. The molecule has 34 heavy (non-hydrogen) atoms. The molecule has 1 N–H and O–H groups in total. The highest BCUT2D eigenvalue weighted by Crippen LogP contribution is 2.28. The maximum Gasteiger partial charge on any atom is 0.259 e. The van der Waals surface area contributed by atoms with E-state index in [1.165, 1.54) is 11.3 Å². The van der Waals surface area contributed by atoms with Gasteiger partial charge in [0.05, 0.1) is 0 Å². The summed E-state index contributed by atoms with van der Waals surface area (Å²) in [5.41, 5.74) is -0.778. The van der Waals surface area contributed by atoms with E-state index >= 15 is 0 Å². The molecular formula is C26H36N4O3S. The van der Waals surface area contributed by atoms with Gasteiger partial charge < -0.3 is 14.8 Å². The van der Waals surface area contributed by atoms with Gasteiger partial charge in [-0.2, -0.15) is 0 Å². The number of piperazine rings is 1. The molecule has 1 aliphatic carbocycles. The summed E-state index contributed by atoms with van der Waals surface area (Å²) in [5.74, 6) is -0.687. The van der Waals surface area contributed by atoms with Crippen molar-refractivity contribution in [2.75, 3.05) is 26.2 Å². The number of pyridine rings is 1. The minimum absolute atomic E-state index is 0.0580. The Hall–Kier alpha value is -2.45. The van der Waals surface area contributed by atoms with E-state index < -0.39 is 16.9 Å². The lowest BCUT2D eigenvalue weighted by atomic mass is 9.95. The number of carbonyl (C=O) groups is 2. The average molecular weight is 485 g/mol. The second kappa shape index (κ2) is 10.4. The lowest BCUT2D eigenvalue weighted by molar-refractivity contribution is 0.0627. The highest BCUT2D eigenvalue weighted by molar-refractivity contribution is 7.09. The zero-order valence-corrected chi connectivity index (χ0v) is 21.3. The first-order valence-corrected chi connectivity index (χ1v) is 13.2. The largest absolute Gasteiger partial charge is 0.349 e. The minimum atomic E-state index is -0.474. The molecule has 0 spiro atoms. The van der Waals surface area contributed by atoms with Crippen molar-refractivity contribution in [3.8, 4) is 0 Å². The number of rotatable bonds is 5. The number of hydrogen-bond acceptors (Lipinski definition) is 5. The third-order valence-corrected chi connectivity index (χ3v) is 7.49. The van der Waals surface area contributed by atoms with E-state index in [4.69, 9.17) is 0 Å². The highest BCUT2D eigenvalue weighted by Gasteiger charge is 2.28. The second-order valence-electron chi connectivity index (χ2n) is 10.5. The van der Waals surface area contributed by atoms with Gasteiger partial charge in [-0.15, -0.1) is 11.3 Å². The number of amides is 2. The van der Waals surface area contributed by atoms with Crippen molar-refractivity contribution in [1.82, 2.24) is 19.7 Å². The Kier molecular flexibility index (Phi) is 7.57. The number of aromatic nitrogens is 1. The predicted octanol–water partition coefficient (Wildman–Crippen LogP) is 3.90. The Morgan fingerprint density at radius 2 is 1.71 bits per heavy atom. The molecule has 8 heteroatoms. The van der Waals surface area contributed by atoms with Crippen molar-refractivity contribution in [1.29, 1.82) is 0 Å². The SMILES string of the molecule is CC(C)(C)NC(=O)c1cn(C2CCCCC2)cc(C(=O)N2CCN(Cc3cccs3)CC2)c1=O. The lowest BCUT2D eigenvalue weighted by Gasteiger charge is -2.34. The summed E-state index contributed by atoms with van der Waals surface area (Å²) in [7, 11) is 0. The second-order valence-corrected chi connectivity index (χ2v) is 11.5. The van der Waals surface area contributed by atoms with Crippen LogP contribution in [0.15, 0.2) is 34.7 Å². The van der Waals surface area contributed by atoms with Crippen molar-refractivity contribution >= 4 is 23.2 Å². The summed E-state index contributed by atoms with van der Waals surface area (Å²) in [6, 6.07) is 4.40. The van der Waals surface area contributed by atoms with Gasteiger partial charge in [0.25, 0.3) is 11.8 Å². The Labute approximate surface area is 205 Å². The van der Waals surface area contributed by atoms with Gasteiger partial charge in [0.1, 0.15) is 11.1 Å². The molecule has 4 rings (SSSR count). The van der Waals surface area contributed by atoms with Crippen LogP contribution in [0, 0.1) is 0 Å². The van der Waals surface area contributed by atoms with Crippen LogP contribution in [0.25, 0.3) is 0 Å². The molecule has 1 saturated heterocycles. The zero-order chi connectivity index (χ0) is 24.3. The van der Waals surface area contributed by atoms with Gasteiger partial charge in [0.15, 0.2) is 0 Å². The molecular weight excluding hydrogens is 448 g/mol. The molecule has 7 nitrogen and oxygen atoms in total. The van der Waals surface area contributed by atoms with E-state index in [0.717, 1.165) is 45.3 Å². The van der Waals surface area contributed by atoms with Crippen LogP contribution in [0.5, 0.6) is 0 Å². The molecule has 0 radical (unpaired) electrons. The van der Waals surface area contributed by atoms with Crippen LogP contribution in [-0.4, -0.2) is 57.9 Å². The van der Waals surface area contributed by atoms with Crippen LogP contribution >= 0.6 is 11.3 Å². The van der Waals surface area contributed by atoms with Crippen molar-refractivity contribution in [2.45, 2.75) is 71.0 Å². The van der Waals surface area contributed by atoms with Crippen molar-refractivity contribution in [3.63, 3.8) is 0 Å². The highest BCUT2D eigenvalue weighted by atomic mass is 32.1. The maximum absolute atomic E-state index is 13.5. The molecule has 3 heterocycles. The van der Waals surface area contributed by atoms with Gasteiger partial charge >= 0.3 is 0 Å². The number of nitrogens with one attached hydrogen (secondary N) is 1. The van der Waals surface area contributed by atoms with E-state index in [2.05, 4.69) is 27.7 Å². The van der Waals surface area contributed by atoms with Crippen LogP contribution in [-0.2, 0) is 6.54 Å². The third-order valence-electron chi connectivity index (χ3n) is 6.62. The molecule has 1 saturated carbocycles. The summed E-state index contributed by atoms with van der Waals surface area (Å²) in [6.45, 7) is 9.22. The van der Waals surface area contributed by atoms with E-state index in [-0.39, 0.29) is 23.1 Å². The molecule has 2 fully saturated rings. The molecule has 184 valence electrons. The van der Waals surface area contributed by atoms with Crippen LogP contribution in [0.3, 0.4) is 0 Å². The maximum atomic E-state index is 13.5. The summed E-state index contributed by atoms with van der Waals surface area (Å²) in [5, 5.41) is 4.97. The van der Waals surface area contributed by atoms with Gasteiger partial charge in [-0.25, -0.2) is 0 Å². The van der Waals surface area contributed by atoms with Gasteiger partial charge in [-0.05, 0) is 45.1 Å². The molecule has 2 amide bonds. The normalized spacial score (nSPS) is 18.1. The van der Waals surface area contributed by atoms with Crippen LogP contribution in [0.2, 0.25) is 0 Å². The molecule has 0 aromatic carbocycles. The smallest absolute Gasteiger partial charge is 0.259 e. The van der Waals surface area contributed by atoms with Crippen molar-refractivity contribution in [3.05, 3.63) is 56.1 Å². The van der Waals surface area contributed by atoms with Crippen LogP contribution < -0.4 is 10.7 Å². The first kappa shape index (κ1) is 24.7. The molecule has 0 atom stereocenters. The van der Waals surface area contributed by atoms with E-state index in [1.807, 2.05) is 25.3 Å². The summed E-state index contributed by atoms with van der Waals surface area (Å²) in [4.78, 5) is 45.3. The van der Waals surface area contributed by atoms with E-state index in [1.54, 1.807) is 28.6 Å². The molecule has 2 aromatic heterocycles. The average Bonchev–Trinajstić information content (AvgIpc) is 3.32. The van der Waals surface area contributed by atoms with Gasteiger partial charge in [-0.3, -0.25) is 19.3 Å². The van der Waals surface area contributed by atoms with E-state index in [0.29, 0.717) is 13.1 Å². The molecule has 0 unspecified atom stereocenters. The van der Waals surface area contributed by atoms with Crippen LogP contribution in [0.1, 0.15) is 84.5 Å². The fraction of sp³-hybridized carbons (Fsp3) is 0.577. The van der Waals surface area contributed by atoms with Crippen molar-refractivity contribution < 1.29 is 9.59 Å². The first-order chi connectivity index (χ1) is 16.2. The molecule has 2 aromatic rings. The Morgan fingerprint density at radius 1 is 1.03 bits per heavy atom. The summed E-state index contributed by atoms with van der Waals surface area (Å²) >= 11 is 1.74. The fourth-order valence-electron chi connectivity index (χ4n) is 4.81. The number of thiophene rings is 1. The quantitative estimate of drug-likeness (QED) is 0.699. The van der Waals surface area contributed by atoms with Gasteiger partial charge in [0, 0.05) is 61.6 Å². The number of hydrogen-bond donors (Lipinski definition) is 1. The standard InChI is InChI=1S/C26H36N4O3S/c1-26(2,3)27-24(32)21-17-30(19-8-5-4-6-9-19)18-22(23(21)31)25(33)29-13-11-28(12-14-29)16-20-10-7-15-34-20/h7,10,15,17-19H,4-6,8-9,11-14,16H2,1-3H3,(H,27,32). The topological polar surface area (TPSA) is 74.7 Å². The van der Waals surface area contributed by atoms with Gasteiger partial charge in [0.2, 0.25) is 5.43 Å². The first-order valence-electron chi connectivity index (χ1n) is 12.3. The molecule has 0 bridgehead atoms. The molecule has 2 aliphatic rings. The fourth-order valence-corrected chi connectivity index (χ4v) is 5.56. The summed E-state index contributed by atoms with van der Waals surface area (Å²) in [6.07, 6.45) is 8.80. The number of carbonyl (C=O) groups excluding carboxylic acids is 2. The lowest BCUT2D eigenvalue weighted by Crippen LogP contribution is -2.49. The van der Waals surface area contributed by atoms with Crippen molar-refractivity contribution in [2.24, 2.45) is 0 Å². The van der Waals surface area contributed by atoms with Gasteiger partial charge in [-0.1, -0.05) is 25.3 Å². The Morgan fingerprint density at radius 3 is 2.32 bits per heavy atom. The van der Waals surface area contributed by atoms with E-state index in [9.17, 15) is 14.4 Å². The summed E-state index contributed by atoms with van der Waals surface area (Å²) < 4.78 is 1.96. The third kappa shape index (κ3) is 5.96. The molecule has 1 aliphatic heterocycles. The Bertz CT molecular complexity index is 1060.